The molecule has 2 fully saturated rings. The van der Waals surface area contributed by atoms with Crippen molar-refractivity contribution in [2.75, 3.05) is 26.4 Å². The molecule has 2 aliphatic rings. The second-order valence-electron chi connectivity index (χ2n) is 3.09. The number of hydrogen-bond donors (Lipinski definition) is 0. The lowest BCUT2D eigenvalue weighted by molar-refractivity contribution is -0.166. The van der Waals surface area contributed by atoms with E-state index in [1.165, 1.54) is 0 Å². The molecule has 2 saturated heterocycles. The van der Waals surface area contributed by atoms with Gasteiger partial charge < -0.3 is 14.4 Å². The van der Waals surface area contributed by atoms with Gasteiger partial charge in [0, 0.05) is 13.0 Å². The first kappa shape index (κ1) is 8.01. The highest BCUT2D eigenvalue weighted by atomic mass is 16.6. The minimum Gasteiger partial charge on any atom is -0.374 e. The standard InChI is InChI=1S/C8H13NO3/c10-7-2-1-3-9(7)8-6-11-4-5-12-8/h8H,1-6H2. The second-order valence-corrected chi connectivity index (χ2v) is 3.09. The molecule has 12 heavy (non-hydrogen) atoms. The van der Waals surface area contributed by atoms with E-state index in [4.69, 9.17) is 9.47 Å². The van der Waals surface area contributed by atoms with Crippen LogP contribution >= 0.6 is 0 Å². The molecule has 4 heteroatoms. The predicted octanol–water partition coefficient (Wildman–Crippen LogP) is -0.0183. The molecule has 4 nitrogen and oxygen atoms in total. The third kappa shape index (κ3) is 1.44. The maximum absolute atomic E-state index is 11.3. The van der Waals surface area contributed by atoms with Crippen molar-refractivity contribution >= 4 is 5.91 Å². The number of carbonyl (C=O) groups is 1. The molecule has 2 rings (SSSR count). The monoisotopic (exact) mass is 171 g/mol. The van der Waals surface area contributed by atoms with Gasteiger partial charge >= 0.3 is 0 Å². The molecule has 2 aliphatic heterocycles. The molecular weight excluding hydrogens is 158 g/mol. The van der Waals surface area contributed by atoms with Gasteiger partial charge in [-0.15, -0.1) is 0 Å². The lowest BCUT2D eigenvalue weighted by Crippen LogP contribution is -2.44. The lowest BCUT2D eigenvalue weighted by Gasteiger charge is -2.30. The van der Waals surface area contributed by atoms with Gasteiger partial charge in [-0.05, 0) is 6.42 Å². The molecule has 0 aromatic rings. The Bertz CT molecular complexity index is 177. The summed E-state index contributed by atoms with van der Waals surface area (Å²) in [7, 11) is 0. The highest BCUT2D eigenvalue weighted by Gasteiger charge is 2.29. The molecule has 0 aliphatic carbocycles. The highest BCUT2D eigenvalue weighted by Crippen LogP contribution is 2.16. The van der Waals surface area contributed by atoms with Gasteiger partial charge in [-0.1, -0.05) is 0 Å². The number of amides is 1. The van der Waals surface area contributed by atoms with E-state index in [2.05, 4.69) is 0 Å². The number of ether oxygens (including phenoxy) is 2. The summed E-state index contributed by atoms with van der Waals surface area (Å²) in [5, 5.41) is 0. The lowest BCUT2D eigenvalue weighted by atomic mass is 10.4. The fourth-order valence-electron chi connectivity index (χ4n) is 1.63. The molecule has 1 unspecified atom stereocenters. The summed E-state index contributed by atoms with van der Waals surface area (Å²) in [5.41, 5.74) is 0. The summed E-state index contributed by atoms with van der Waals surface area (Å²) in [5.74, 6) is 0.200. The first-order chi connectivity index (χ1) is 5.88. The van der Waals surface area contributed by atoms with Crippen LogP contribution in [0.15, 0.2) is 0 Å². The molecule has 68 valence electrons. The number of nitrogens with zero attached hydrogens (tertiary/aromatic N) is 1. The Morgan fingerprint density at radius 3 is 2.92 bits per heavy atom. The second kappa shape index (κ2) is 3.41. The average Bonchev–Trinajstić information content (AvgIpc) is 2.53. The van der Waals surface area contributed by atoms with Crippen LogP contribution in [0, 0.1) is 0 Å². The van der Waals surface area contributed by atoms with Crippen LogP contribution in [0.3, 0.4) is 0 Å². The van der Waals surface area contributed by atoms with Gasteiger partial charge in [0.25, 0.3) is 0 Å². The summed E-state index contributed by atoms with van der Waals surface area (Å²) in [6.45, 7) is 2.62. The molecule has 0 aromatic carbocycles. The van der Waals surface area contributed by atoms with Gasteiger partial charge in [-0.3, -0.25) is 4.79 Å². The molecule has 1 atom stereocenters. The maximum atomic E-state index is 11.3. The van der Waals surface area contributed by atoms with E-state index in [9.17, 15) is 4.79 Å². The van der Waals surface area contributed by atoms with Crippen LogP contribution in [0.2, 0.25) is 0 Å². The number of hydrogen-bond acceptors (Lipinski definition) is 3. The largest absolute Gasteiger partial charge is 0.374 e. The van der Waals surface area contributed by atoms with E-state index >= 15 is 0 Å². The summed E-state index contributed by atoms with van der Waals surface area (Å²) in [6, 6.07) is 0. The molecule has 2 heterocycles. The van der Waals surface area contributed by atoms with Gasteiger partial charge in [-0.2, -0.15) is 0 Å². The van der Waals surface area contributed by atoms with E-state index in [0.717, 1.165) is 13.0 Å². The van der Waals surface area contributed by atoms with Crippen molar-refractivity contribution in [1.82, 2.24) is 4.90 Å². The smallest absolute Gasteiger partial charge is 0.224 e. The Balaban J connectivity index is 1.93. The van der Waals surface area contributed by atoms with Gasteiger partial charge in [0.1, 0.15) is 0 Å². The van der Waals surface area contributed by atoms with Crippen LogP contribution in [0.25, 0.3) is 0 Å². The van der Waals surface area contributed by atoms with Crippen molar-refractivity contribution in [1.29, 1.82) is 0 Å². The molecule has 0 N–H and O–H groups in total. The average molecular weight is 171 g/mol. The van der Waals surface area contributed by atoms with Crippen molar-refractivity contribution in [3.8, 4) is 0 Å². The van der Waals surface area contributed by atoms with Crippen molar-refractivity contribution in [2.45, 2.75) is 19.1 Å². The van der Waals surface area contributed by atoms with Crippen LogP contribution in [0.5, 0.6) is 0 Å². The summed E-state index contributed by atoms with van der Waals surface area (Å²) >= 11 is 0. The first-order valence-electron chi connectivity index (χ1n) is 4.37. The third-order valence-corrected chi connectivity index (χ3v) is 2.26. The normalized spacial score (nSPS) is 31.2. The fraction of sp³-hybridized carbons (Fsp3) is 0.875. The summed E-state index contributed by atoms with van der Waals surface area (Å²) < 4.78 is 10.6. The Kier molecular flexibility index (Phi) is 2.28. The van der Waals surface area contributed by atoms with E-state index in [1.807, 2.05) is 0 Å². The van der Waals surface area contributed by atoms with Gasteiger partial charge in [0.2, 0.25) is 5.91 Å². The van der Waals surface area contributed by atoms with Crippen LogP contribution in [-0.2, 0) is 14.3 Å². The minimum absolute atomic E-state index is 0.117. The van der Waals surface area contributed by atoms with Gasteiger partial charge in [0.05, 0.1) is 19.8 Å². The third-order valence-electron chi connectivity index (χ3n) is 2.26. The Labute approximate surface area is 71.4 Å². The Hall–Kier alpha value is -0.610. The number of likely N-dealkylation sites (tertiary alicyclic amines) is 1. The maximum Gasteiger partial charge on any atom is 0.224 e. The molecule has 0 spiro atoms. The molecular formula is C8H13NO3. The van der Waals surface area contributed by atoms with E-state index in [1.54, 1.807) is 4.90 Å². The zero-order valence-electron chi connectivity index (χ0n) is 6.99. The first-order valence-corrected chi connectivity index (χ1v) is 4.37. The van der Waals surface area contributed by atoms with Crippen LogP contribution in [0.1, 0.15) is 12.8 Å². The molecule has 0 saturated carbocycles. The van der Waals surface area contributed by atoms with E-state index < -0.39 is 0 Å². The molecule has 0 radical (unpaired) electrons. The quantitative estimate of drug-likeness (QED) is 0.556. The van der Waals surface area contributed by atoms with Crippen LogP contribution < -0.4 is 0 Å². The Morgan fingerprint density at radius 1 is 1.42 bits per heavy atom. The Morgan fingerprint density at radius 2 is 2.33 bits per heavy atom. The van der Waals surface area contributed by atoms with E-state index in [0.29, 0.717) is 26.2 Å². The zero-order valence-corrected chi connectivity index (χ0v) is 6.99. The van der Waals surface area contributed by atoms with Crippen molar-refractivity contribution in [3.63, 3.8) is 0 Å². The van der Waals surface area contributed by atoms with E-state index in [-0.39, 0.29) is 12.1 Å². The zero-order chi connectivity index (χ0) is 8.39. The topological polar surface area (TPSA) is 38.8 Å². The van der Waals surface area contributed by atoms with Gasteiger partial charge in [0.15, 0.2) is 6.23 Å². The predicted molar refractivity (Wildman–Crippen MR) is 41.5 cm³/mol. The van der Waals surface area contributed by atoms with Crippen LogP contribution in [0.4, 0.5) is 0 Å². The van der Waals surface area contributed by atoms with Crippen molar-refractivity contribution < 1.29 is 14.3 Å². The van der Waals surface area contributed by atoms with Gasteiger partial charge in [-0.25, -0.2) is 0 Å². The molecule has 0 aromatic heterocycles. The molecule has 0 bridgehead atoms. The summed E-state index contributed by atoms with van der Waals surface area (Å²) in [6.07, 6.45) is 1.51. The van der Waals surface area contributed by atoms with Crippen molar-refractivity contribution in [2.24, 2.45) is 0 Å². The number of carbonyl (C=O) groups excluding carboxylic acids is 1. The fourth-order valence-corrected chi connectivity index (χ4v) is 1.63. The van der Waals surface area contributed by atoms with Crippen molar-refractivity contribution in [3.05, 3.63) is 0 Å². The van der Waals surface area contributed by atoms with Crippen LogP contribution in [-0.4, -0.2) is 43.4 Å². The minimum atomic E-state index is -0.117. The highest BCUT2D eigenvalue weighted by molar-refractivity contribution is 5.78. The number of rotatable bonds is 1. The SMILES string of the molecule is O=C1CCCN1C1COCCO1. The summed E-state index contributed by atoms with van der Waals surface area (Å²) in [4.78, 5) is 13.0. The molecule has 1 amide bonds.